The molecule has 94 valence electrons. The number of hydrogen-bond acceptors (Lipinski definition) is 2. The van der Waals surface area contributed by atoms with Crippen molar-refractivity contribution in [3.63, 3.8) is 0 Å². The molecule has 2 aromatic rings. The maximum absolute atomic E-state index is 11.5. The van der Waals surface area contributed by atoms with Gasteiger partial charge < -0.3 is 10.3 Å². The molecule has 0 radical (unpaired) electrons. The van der Waals surface area contributed by atoms with Gasteiger partial charge in [-0.15, -0.1) is 0 Å². The van der Waals surface area contributed by atoms with Crippen LogP contribution >= 0.6 is 0 Å². The predicted octanol–water partition coefficient (Wildman–Crippen LogP) is 1.80. The van der Waals surface area contributed by atoms with E-state index in [1.807, 2.05) is 30.5 Å². The topological polar surface area (TPSA) is 62.0 Å². The Morgan fingerprint density at radius 3 is 2.67 bits per heavy atom. The molecule has 1 heterocycles. The molecule has 0 unspecified atom stereocenters. The highest BCUT2D eigenvalue weighted by Crippen LogP contribution is 2.19. The lowest BCUT2D eigenvalue weighted by Gasteiger charge is -2.14. The molecule has 0 spiro atoms. The Labute approximate surface area is 105 Å². The normalized spacial score (nSPS) is 12.3. The highest BCUT2D eigenvalue weighted by Gasteiger charge is 2.17. The van der Waals surface area contributed by atoms with Crippen molar-refractivity contribution in [3.05, 3.63) is 36.0 Å². The van der Waals surface area contributed by atoms with Gasteiger partial charge in [-0.25, -0.2) is 0 Å². The third-order valence-corrected chi connectivity index (χ3v) is 2.97. The van der Waals surface area contributed by atoms with Gasteiger partial charge in [0.05, 0.1) is 6.04 Å². The van der Waals surface area contributed by atoms with Gasteiger partial charge in [-0.3, -0.25) is 9.59 Å². The van der Waals surface area contributed by atoms with Crippen LogP contribution in [0.15, 0.2) is 30.5 Å². The van der Waals surface area contributed by atoms with Crippen LogP contribution in [-0.4, -0.2) is 22.7 Å². The van der Waals surface area contributed by atoms with Gasteiger partial charge in [-0.05, 0) is 18.6 Å². The van der Waals surface area contributed by atoms with Crippen molar-refractivity contribution in [2.45, 2.75) is 26.3 Å². The molecule has 1 aromatic carbocycles. The van der Waals surface area contributed by atoms with E-state index in [0.29, 0.717) is 6.42 Å². The van der Waals surface area contributed by atoms with Crippen LogP contribution in [0, 0.1) is 0 Å². The van der Waals surface area contributed by atoms with Crippen LogP contribution in [0.3, 0.4) is 0 Å². The number of rotatable bonds is 4. The van der Waals surface area contributed by atoms with Crippen molar-refractivity contribution in [2.24, 2.45) is 0 Å². The van der Waals surface area contributed by atoms with Gasteiger partial charge in [-0.2, -0.15) is 0 Å². The number of Topliss-reactive ketones (excluding diaryl/α,β-unsaturated/α-hetero) is 1. The van der Waals surface area contributed by atoms with Crippen molar-refractivity contribution in [2.75, 3.05) is 0 Å². The monoisotopic (exact) mass is 244 g/mol. The molecule has 0 aliphatic rings. The molecule has 4 nitrogen and oxygen atoms in total. The smallest absolute Gasteiger partial charge is 0.217 e. The van der Waals surface area contributed by atoms with Crippen LogP contribution in [-0.2, 0) is 16.0 Å². The summed E-state index contributed by atoms with van der Waals surface area (Å²) in [6.45, 7) is 2.92. The fraction of sp³-hybridized carbons (Fsp3) is 0.286. The second kappa shape index (κ2) is 5.04. The van der Waals surface area contributed by atoms with Gasteiger partial charge in [0.1, 0.15) is 0 Å². The second-order valence-electron chi connectivity index (χ2n) is 4.43. The molecule has 1 amide bonds. The maximum Gasteiger partial charge on any atom is 0.217 e. The molecule has 0 fully saturated rings. The Kier molecular flexibility index (Phi) is 3.46. The van der Waals surface area contributed by atoms with Crippen LogP contribution < -0.4 is 5.32 Å². The van der Waals surface area contributed by atoms with E-state index in [4.69, 9.17) is 0 Å². The lowest BCUT2D eigenvalue weighted by atomic mass is 10.0. The molecule has 2 rings (SSSR count). The van der Waals surface area contributed by atoms with Crippen LogP contribution in [0.25, 0.3) is 10.9 Å². The first-order valence-electron chi connectivity index (χ1n) is 5.90. The fourth-order valence-electron chi connectivity index (χ4n) is 2.06. The van der Waals surface area contributed by atoms with E-state index in [1.165, 1.54) is 13.8 Å². The molecule has 0 saturated carbocycles. The van der Waals surface area contributed by atoms with E-state index >= 15 is 0 Å². The van der Waals surface area contributed by atoms with Gasteiger partial charge >= 0.3 is 0 Å². The molecular weight excluding hydrogens is 228 g/mol. The zero-order chi connectivity index (χ0) is 13.1. The number of H-pyrrole nitrogens is 1. The number of hydrogen-bond donors (Lipinski definition) is 2. The highest BCUT2D eigenvalue weighted by molar-refractivity contribution is 5.88. The largest absolute Gasteiger partial charge is 0.361 e. The van der Waals surface area contributed by atoms with Crippen molar-refractivity contribution in [1.29, 1.82) is 0 Å². The number of carbonyl (C=O) groups is 2. The molecule has 2 N–H and O–H groups in total. The van der Waals surface area contributed by atoms with Crippen LogP contribution in [0.5, 0.6) is 0 Å². The Bertz CT molecular complexity index is 586. The molecule has 4 heteroatoms. The highest BCUT2D eigenvalue weighted by atomic mass is 16.2. The van der Waals surface area contributed by atoms with E-state index < -0.39 is 6.04 Å². The van der Waals surface area contributed by atoms with Crippen molar-refractivity contribution < 1.29 is 9.59 Å². The number of nitrogens with one attached hydrogen (secondary N) is 2. The summed E-state index contributed by atoms with van der Waals surface area (Å²) in [5, 5.41) is 3.77. The van der Waals surface area contributed by atoms with Crippen LogP contribution in [0.2, 0.25) is 0 Å². The minimum Gasteiger partial charge on any atom is -0.361 e. The Balaban J connectivity index is 2.26. The number of aromatic amines is 1. The number of para-hydroxylation sites is 1. The van der Waals surface area contributed by atoms with Crippen LogP contribution in [0.1, 0.15) is 19.4 Å². The number of fused-ring (bicyclic) bond motifs is 1. The van der Waals surface area contributed by atoms with E-state index in [2.05, 4.69) is 10.3 Å². The molecule has 0 aliphatic carbocycles. The van der Waals surface area contributed by atoms with Crippen LogP contribution in [0.4, 0.5) is 0 Å². The van der Waals surface area contributed by atoms with Crippen molar-refractivity contribution in [1.82, 2.24) is 10.3 Å². The Morgan fingerprint density at radius 2 is 2.00 bits per heavy atom. The van der Waals surface area contributed by atoms with Gasteiger partial charge in [0, 0.05) is 30.4 Å². The zero-order valence-corrected chi connectivity index (χ0v) is 10.5. The zero-order valence-electron chi connectivity index (χ0n) is 10.5. The average Bonchev–Trinajstić information content (AvgIpc) is 2.71. The predicted molar refractivity (Wildman–Crippen MR) is 70.3 cm³/mol. The number of aromatic nitrogens is 1. The van der Waals surface area contributed by atoms with Gasteiger partial charge in [0.25, 0.3) is 0 Å². The summed E-state index contributed by atoms with van der Waals surface area (Å²) in [6.07, 6.45) is 2.40. The van der Waals surface area contributed by atoms with E-state index in [-0.39, 0.29) is 11.7 Å². The van der Waals surface area contributed by atoms with Gasteiger partial charge in [0.2, 0.25) is 5.91 Å². The molecule has 1 atom stereocenters. The summed E-state index contributed by atoms with van der Waals surface area (Å²) in [6, 6.07) is 7.45. The minimum atomic E-state index is -0.457. The maximum atomic E-state index is 11.5. The van der Waals surface area contributed by atoms with Gasteiger partial charge in [0.15, 0.2) is 5.78 Å². The first-order valence-corrected chi connectivity index (χ1v) is 5.90. The Hall–Kier alpha value is -2.10. The lowest BCUT2D eigenvalue weighted by molar-refractivity contribution is -0.125. The molecule has 0 aliphatic heterocycles. The number of carbonyl (C=O) groups excluding carboxylic acids is 2. The third kappa shape index (κ3) is 2.59. The first-order chi connectivity index (χ1) is 8.58. The Morgan fingerprint density at radius 1 is 1.28 bits per heavy atom. The van der Waals surface area contributed by atoms with E-state index in [0.717, 1.165) is 16.5 Å². The minimum absolute atomic E-state index is 0.0320. The third-order valence-electron chi connectivity index (χ3n) is 2.97. The average molecular weight is 244 g/mol. The van der Waals surface area contributed by atoms with E-state index in [1.54, 1.807) is 0 Å². The number of ketones is 1. The molecule has 18 heavy (non-hydrogen) atoms. The van der Waals surface area contributed by atoms with Gasteiger partial charge in [-0.1, -0.05) is 18.2 Å². The summed E-state index contributed by atoms with van der Waals surface area (Å²) in [5.41, 5.74) is 2.08. The summed E-state index contributed by atoms with van der Waals surface area (Å²) < 4.78 is 0. The lowest BCUT2D eigenvalue weighted by Crippen LogP contribution is -2.40. The standard InChI is InChI=1S/C14H16N2O2/c1-9(17)14(16-10(2)18)7-11-8-15-13-6-4-3-5-12(11)13/h3-6,8,14-15H,7H2,1-2H3,(H,16,18)/t14-/m0/s1. The fourth-order valence-corrected chi connectivity index (χ4v) is 2.06. The molecule has 1 aromatic heterocycles. The summed E-state index contributed by atoms with van der Waals surface area (Å²) in [5.74, 6) is -0.217. The van der Waals surface area contributed by atoms with E-state index in [9.17, 15) is 9.59 Å². The first kappa shape index (κ1) is 12.4. The quantitative estimate of drug-likeness (QED) is 0.861. The summed E-state index contributed by atoms with van der Waals surface area (Å²) >= 11 is 0. The van der Waals surface area contributed by atoms with Crippen molar-refractivity contribution in [3.8, 4) is 0 Å². The summed E-state index contributed by atoms with van der Waals surface area (Å²) in [4.78, 5) is 25.8. The molecule has 0 bridgehead atoms. The number of benzene rings is 1. The van der Waals surface area contributed by atoms with Crippen molar-refractivity contribution >= 4 is 22.6 Å². The summed E-state index contributed by atoms with van der Waals surface area (Å²) in [7, 11) is 0. The number of amides is 1. The molecule has 0 saturated heterocycles. The molecular formula is C14H16N2O2. The second-order valence-corrected chi connectivity index (χ2v) is 4.43. The SMILES string of the molecule is CC(=O)N[C@@H](Cc1c[nH]c2ccccc12)C(C)=O.